The molecule has 0 aliphatic carbocycles. The number of nitrogens with one attached hydrogen (secondary N) is 2. The van der Waals surface area contributed by atoms with Gasteiger partial charge in [0.15, 0.2) is 0 Å². The van der Waals surface area contributed by atoms with Gasteiger partial charge in [0.25, 0.3) is 17.4 Å². The number of aromatic hydroxyl groups is 1. The average Bonchev–Trinajstić information content (AvgIpc) is 2.71. The molecule has 2 amide bonds. The van der Waals surface area contributed by atoms with E-state index in [0.717, 1.165) is 18.4 Å². The number of hydrogen-bond acceptors (Lipinski definition) is 4. The van der Waals surface area contributed by atoms with Gasteiger partial charge in [-0.15, -0.1) is 0 Å². The lowest BCUT2D eigenvalue weighted by atomic mass is 9.99. The van der Waals surface area contributed by atoms with Gasteiger partial charge >= 0.3 is 0 Å². The molecule has 4 rings (SSSR count). The molecule has 2 aromatic carbocycles. The largest absolute Gasteiger partial charge is 0.506 e. The molecule has 0 fully saturated rings. The number of amides is 2. The number of carbonyl (C=O) groups is 2. The van der Waals surface area contributed by atoms with Gasteiger partial charge in [0.1, 0.15) is 11.3 Å². The van der Waals surface area contributed by atoms with Crippen molar-refractivity contribution in [3.8, 4) is 5.75 Å². The molecule has 0 radical (unpaired) electrons. The van der Waals surface area contributed by atoms with E-state index in [2.05, 4.69) is 10.6 Å². The summed E-state index contributed by atoms with van der Waals surface area (Å²) in [7, 11) is 1.49. The molecular weight excluding hydrogens is 358 g/mol. The van der Waals surface area contributed by atoms with E-state index in [9.17, 15) is 19.5 Å². The highest BCUT2D eigenvalue weighted by Crippen LogP contribution is 2.32. The van der Waals surface area contributed by atoms with Crippen LogP contribution < -0.4 is 16.2 Å². The number of para-hydroxylation sites is 2. The molecule has 3 aromatic rings. The molecule has 0 saturated carbocycles. The van der Waals surface area contributed by atoms with E-state index in [1.807, 2.05) is 6.07 Å². The number of anilines is 1. The third-order valence-electron chi connectivity index (χ3n) is 5.04. The average molecular weight is 377 g/mol. The van der Waals surface area contributed by atoms with Crippen LogP contribution in [0.3, 0.4) is 0 Å². The molecule has 1 aliphatic rings. The second-order valence-corrected chi connectivity index (χ2v) is 6.68. The monoisotopic (exact) mass is 377 g/mol. The van der Waals surface area contributed by atoms with Crippen molar-refractivity contribution in [1.29, 1.82) is 0 Å². The van der Waals surface area contributed by atoms with Crippen molar-refractivity contribution < 1.29 is 14.7 Å². The summed E-state index contributed by atoms with van der Waals surface area (Å²) in [6.07, 6.45) is 1.61. The van der Waals surface area contributed by atoms with Gasteiger partial charge in [0.2, 0.25) is 0 Å². The summed E-state index contributed by atoms with van der Waals surface area (Å²) in [6, 6.07) is 11.9. The first kappa shape index (κ1) is 17.8. The van der Waals surface area contributed by atoms with Crippen LogP contribution in [0.4, 0.5) is 5.69 Å². The predicted octanol–water partition coefficient (Wildman–Crippen LogP) is 2.27. The number of benzene rings is 2. The zero-order valence-electron chi connectivity index (χ0n) is 15.3. The fourth-order valence-corrected chi connectivity index (χ4v) is 3.73. The fraction of sp³-hybridized carbons (Fsp3) is 0.190. The number of carbonyl (C=O) groups excluding carboxylic acids is 2. The first-order valence-corrected chi connectivity index (χ1v) is 9.02. The normalized spacial score (nSPS) is 12.6. The van der Waals surface area contributed by atoms with Gasteiger partial charge in [-0.2, -0.15) is 0 Å². The molecule has 2 heterocycles. The lowest BCUT2D eigenvalue weighted by molar-refractivity contribution is 0.0964. The van der Waals surface area contributed by atoms with E-state index >= 15 is 0 Å². The highest BCUT2D eigenvalue weighted by atomic mass is 16.3. The van der Waals surface area contributed by atoms with Gasteiger partial charge in [-0.3, -0.25) is 14.4 Å². The van der Waals surface area contributed by atoms with Crippen LogP contribution in [0.1, 0.15) is 32.7 Å². The topological polar surface area (TPSA) is 100 Å². The van der Waals surface area contributed by atoms with Crippen LogP contribution in [-0.4, -0.2) is 28.5 Å². The van der Waals surface area contributed by atoms with Crippen molar-refractivity contribution in [1.82, 2.24) is 9.88 Å². The lowest BCUT2D eigenvalue weighted by Crippen LogP contribution is -2.32. The summed E-state index contributed by atoms with van der Waals surface area (Å²) in [5.41, 5.74) is 1.33. The third-order valence-corrected chi connectivity index (χ3v) is 5.04. The highest BCUT2D eigenvalue weighted by Gasteiger charge is 2.25. The first-order chi connectivity index (χ1) is 13.5. The molecule has 0 unspecified atom stereocenters. The maximum atomic E-state index is 13.0. The Bertz CT molecular complexity index is 1180. The maximum absolute atomic E-state index is 13.0. The molecule has 1 aliphatic heterocycles. The molecule has 0 atom stereocenters. The summed E-state index contributed by atoms with van der Waals surface area (Å²) in [5.74, 6) is -1.45. The Kier molecular flexibility index (Phi) is 4.35. The second kappa shape index (κ2) is 6.84. The molecular formula is C21H19N3O4. The van der Waals surface area contributed by atoms with Crippen LogP contribution in [0.2, 0.25) is 0 Å². The van der Waals surface area contributed by atoms with E-state index in [4.69, 9.17) is 0 Å². The third kappa shape index (κ3) is 2.72. The van der Waals surface area contributed by atoms with Gasteiger partial charge in [-0.25, -0.2) is 0 Å². The number of rotatable bonds is 3. The van der Waals surface area contributed by atoms with Gasteiger partial charge in [-0.1, -0.05) is 24.3 Å². The quantitative estimate of drug-likeness (QED) is 0.652. The van der Waals surface area contributed by atoms with Gasteiger partial charge in [-0.05, 0) is 36.6 Å². The van der Waals surface area contributed by atoms with Gasteiger partial charge in [0, 0.05) is 19.0 Å². The van der Waals surface area contributed by atoms with Gasteiger partial charge in [0.05, 0.1) is 16.8 Å². The molecule has 7 heteroatoms. The van der Waals surface area contributed by atoms with Crippen molar-refractivity contribution in [2.24, 2.45) is 0 Å². The number of aromatic nitrogens is 1. The van der Waals surface area contributed by atoms with Crippen molar-refractivity contribution in [2.75, 3.05) is 12.4 Å². The van der Waals surface area contributed by atoms with Crippen LogP contribution in [-0.2, 0) is 13.0 Å². The Morgan fingerprint density at radius 2 is 1.86 bits per heavy atom. The molecule has 0 saturated heterocycles. The number of hydrogen-bond donors (Lipinski definition) is 3. The smallest absolute Gasteiger partial charge is 0.267 e. The summed E-state index contributed by atoms with van der Waals surface area (Å²) in [4.78, 5) is 37.9. The van der Waals surface area contributed by atoms with Crippen molar-refractivity contribution in [3.63, 3.8) is 0 Å². The van der Waals surface area contributed by atoms with Crippen LogP contribution in [0.15, 0.2) is 47.3 Å². The fourth-order valence-electron chi connectivity index (χ4n) is 3.73. The van der Waals surface area contributed by atoms with Crippen LogP contribution in [0.5, 0.6) is 5.75 Å². The number of pyridine rings is 1. The van der Waals surface area contributed by atoms with E-state index in [0.29, 0.717) is 17.4 Å². The molecule has 7 nitrogen and oxygen atoms in total. The van der Waals surface area contributed by atoms with Crippen molar-refractivity contribution in [2.45, 2.75) is 19.4 Å². The summed E-state index contributed by atoms with van der Waals surface area (Å²) >= 11 is 0. The minimum Gasteiger partial charge on any atom is -0.506 e. The minimum absolute atomic E-state index is 0.262. The molecule has 0 spiro atoms. The standard InChI is InChI=1S/C21H19N3O4/c1-22-19(26)13-8-2-3-10-15(13)23-20(27)16-18(25)14-9-4-6-12-7-5-11-24(17(12)14)21(16)28/h2-4,6,8-10,25H,5,7,11H2,1H3,(H,22,26)(H,23,27). The van der Waals surface area contributed by atoms with Crippen LogP contribution >= 0.6 is 0 Å². The van der Waals surface area contributed by atoms with E-state index in [1.54, 1.807) is 41.0 Å². The van der Waals surface area contributed by atoms with Crippen LogP contribution in [0.25, 0.3) is 10.9 Å². The lowest BCUT2D eigenvalue weighted by Gasteiger charge is -2.21. The first-order valence-electron chi connectivity index (χ1n) is 9.02. The zero-order chi connectivity index (χ0) is 19.8. The molecule has 28 heavy (non-hydrogen) atoms. The van der Waals surface area contributed by atoms with Crippen LogP contribution in [0, 0.1) is 0 Å². The van der Waals surface area contributed by atoms with Crippen molar-refractivity contribution in [3.05, 3.63) is 69.5 Å². The second-order valence-electron chi connectivity index (χ2n) is 6.68. The van der Waals surface area contributed by atoms with E-state index in [-0.39, 0.29) is 28.5 Å². The van der Waals surface area contributed by atoms with Crippen molar-refractivity contribution >= 4 is 28.4 Å². The Labute approximate surface area is 160 Å². The Balaban J connectivity index is 1.84. The predicted molar refractivity (Wildman–Crippen MR) is 106 cm³/mol. The Hall–Kier alpha value is -3.61. The van der Waals surface area contributed by atoms with E-state index < -0.39 is 11.5 Å². The number of aryl methyl sites for hydroxylation is 2. The molecule has 0 bridgehead atoms. The SMILES string of the molecule is CNC(=O)c1ccccc1NC(=O)c1c(O)c2cccc3c2n(c1=O)CCC3. The molecule has 3 N–H and O–H groups in total. The molecule has 1 aromatic heterocycles. The summed E-state index contributed by atoms with van der Waals surface area (Å²) < 4.78 is 1.55. The van der Waals surface area contributed by atoms with E-state index in [1.165, 1.54) is 7.05 Å². The zero-order valence-corrected chi connectivity index (χ0v) is 15.3. The Morgan fingerprint density at radius 3 is 2.64 bits per heavy atom. The Morgan fingerprint density at radius 1 is 1.07 bits per heavy atom. The van der Waals surface area contributed by atoms with Gasteiger partial charge < -0.3 is 20.3 Å². The summed E-state index contributed by atoms with van der Waals surface area (Å²) in [5, 5.41) is 16.3. The minimum atomic E-state index is -0.750. The number of nitrogens with zero attached hydrogens (tertiary/aromatic N) is 1. The maximum Gasteiger partial charge on any atom is 0.267 e. The highest BCUT2D eigenvalue weighted by molar-refractivity contribution is 6.12. The molecule has 142 valence electrons. The summed E-state index contributed by atoms with van der Waals surface area (Å²) in [6.45, 7) is 0.488.